The Kier molecular flexibility index (Phi) is 6.10. The van der Waals surface area contributed by atoms with E-state index in [1.807, 2.05) is 0 Å². The van der Waals surface area contributed by atoms with Crippen LogP contribution in [0.2, 0.25) is 10.0 Å². The number of carbonyl (C=O) groups excluding carboxylic acids is 2. The first-order chi connectivity index (χ1) is 12.1. The number of ether oxygens (including phenoxy) is 2. The zero-order valence-electron chi connectivity index (χ0n) is 14.7. The van der Waals surface area contributed by atoms with E-state index in [1.165, 1.54) is 37.7 Å². The maximum atomic E-state index is 12.5. The zero-order chi connectivity index (χ0) is 19.5. The van der Waals surface area contributed by atoms with E-state index in [9.17, 15) is 9.59 Å². The van der Waals surface area contributed by atoms with E-state index in [0.717, 1.165) is 0 Å². The summed E-state index contributed by atoms with van der Waals surface area (Å²) >= 11 is 12.0. The largest absolute Gasteiger partial charge is 0.493 e. The third-order valence-electron chi connectivity index (χ3n) is 3.33. The van der Waals surface area contributed by atoms with Gasteiger partial charge in [-0.2, -0.15) is 0 Å². The molecule has 0 aliphatic rings. The molecule has 1 aromatic carbocycles. The molecule has 0 saturated heterocycles. The number of carbonyl (C=O) groups is 2. The SMILES string of the molecule is COc1ccc(C(=O)Nc2c(Cl)cncc2Cl)cc1OC(=O)C(C)(C)C. The maximum Gasteiger partial charge on any atom is 0.316 e. The van der Waals surface area contributed by atoms with Crippen molar-refractivity contribution in [2.45, 2.75) is 20.8 Å². The molecule has 0 saturated carbocycles. The molecule has 0 atom stereocenters. The van der Waals surface area contributed by atoms with Gasteiger partial charge in [-0.05, 0) is 39.0 Å². The van der Waals surface area contributed by atoms with Crippen LogP contribution in [-0.2, 0) is 4.79 Å². The van der Waals surface area contributed by atoms with Crippen molar-refractivity contribution in [2.24, 2.45) is 5.41 Å². The Morgan fingerprint density at radius 2 is 1.69 bits per heavy atom. The fourth-order valence-electron chi connectivity index (χ4n) is 1.87. The molecule has 1 N–H and O–H groups in total. The fourth-order valence-corrected chi connectivity index (χ4v) is 2.33. The number of hydrogen-bond donors (Lipinski definition) is 1. The van der Waals surface area contributed by atoms with Crippen molar-refractivity contribution in [2.75, 3.05) is 12.4 Å². The van der Waals surface area contributed by atoms with Crippen LogP contribution in [0, 0.1) is 5.41 Å². The number of nitrogens with one attached hydrogen (secondary N) is 1. The predicted molar refractivity (Wildman–Crippen MR) is 100 cm³/mol. The Hall–Kier alpha value is -2.31. The molecule has 1 aromatic heterocycles. The van der Waals surface area contributed by atoms with E-state index in [1.54, 1.807) is 20.8 Å². The van der Waals surface area contributed by atoms with Gasteiger partial charge in [-0.25, -0.2) is 0 Å². The molecule has 0 aliphatic carbocycles. The molecule has 138 valence electrons. The average Bonchev–Trinajstić information content (AvgIpc) is 2.57. The Morgan fingerprint density at radius 1 is 1.08 bits per heavy atom. The van der Waals surface area contributed by atoms with E-state index in [2.05, 4.69) is 10.3 Å². The molecular formula is C18H18Cl2N2O4. The molecule has 0 fully saturated rings. The highest BCUT2D eigenvalue weighted by Gasteiger charge is 2.25. The van der Waals surface area contributed by atoms with E-state index < -0.39 is 17.3 Å². The Labute approximate surface area is 161 Å². The van der Waals surface area contributed by atoms with E-state index in [4.69, 9.17) is 32.7 Å². The van der Waals surface area contributed by atoms with Crippen LogP contribution in [0.1, 0.15) is 31.1 Å². The maximum absolute atomic E-state index is 12.5. The number of anilines is 1. The standard InChI is InChI=1S/C18H18Cl2N2O4/c1-18(2,3)17(24)26-14-7-10(5-6-13(14)25-4)16(23)22-15-11(19)8-21-9-12(15)20/h5-9H,1-4H3,(H,21,22,23). The Balaban J connectivity index is 2.31. The number of nitrogens with zero attached hydrogens (tertiary/aromatic N) is 1. The number of benzene rings is 1. The van der Waals surface area contributed by atoms with Gasteiger partial charge in [-0.15, -0.1) is 0 Å². The van der Waals surface area contributed by atoms with Gasteiger partial charge in [0.05, 0.1) is 28.3 Å². The summed E-state index contributed by atoms with van der Waals surface area (Å²) in [5.41, 5.74) is -0.217. The molecule has 26 heavy (non-hydrogen) atoms. The third kappa shape index (κ3) is 4.65. The number of hydrogen-bond acceptors (Lipinski definition) is 5. The lowest BCUT2D eigenvalue weighted by atomic mass is 9.97. The lowest BCUT2D eigenvalue weighted by Crippen LogP contribution is -2.26. The summed E-state index contributed by atoms with van der Waals surface area (Å²) < 4.78 is 10.6. The van der Waals surface area contributed by atoms with Crippen molar-refractivity contribution in [1.29, 1.82) is 0 Å². The van der Waals surface area contributed by atoms with Gasteiger partial charge in [0.1, 0.15) is 0 Å². The number of amides is 1. The highest BCUT2D eigenvalue weighted by Crippen LogP contribution is 2.32. The molecule has 0 radical (unpaired) electrons. The van der Waals surface area contributed by atoms with Crippen LogP contribution in [0.25, 0.3) is 0 Å². The first-order valence-electron chi connectivity index (χ1n) is 7.64. The molecule has 2 aromatic rings. The number of methoxy groups -OCH3 is 1. The second-order valence-corrected chi connectivity index (χ2v) is 7.25. The van der Waals surface area contributed by atoms with E-state index in [0.29, 0.717) is 5.75 Å². The number of halogens is 2. The predicted octanol–water partition coefficient (Wildman–Crippen LogP) is 4.60. The van der Waals surface area contributed by atoms with Crippen molar-refractivity contribution < 1.29 is 19.1 Å². The minimum atomic E-state index is -0.707. The molecule has 8 heteroatoms. The summed E-state index contributed by atoms with van der Waals surface area (Å²) in [5.74, 6) is -0.449. The van der Waals surface area contributed by atoms with E-state index in [-0.39, 0.29) is 27.0 Å². The van der Waals surface area contributed by atoms with Crippen LogP contribution in [0.4, 0.5) is 5.69 Å². The van der Waals surface area contributed by atoms with Crippen molar-refractivity contribution >= 4 is 40.8 Å². The highest BCUT2D eigenvalue weighted by molar-refractivity contribution is 6.39. The summed E-state index contributed by atoms with van der Waals surface area (Å²) in [6, 6.07) is 4.49. The summed E-state index contributed by atoms with van der Waals surface area (Å²) in [7, 11) is 1.44. The minimum Gasteiger partial charge on any atom is -0.493 e. The van der Waals surface area contributed by atoms with Crippen molar-refractivity contribution in [3.05, 3.63) is 46.2 Å². The van der Waals surface area contributed by atoms with Gasteiger partial charge in [0, 0.05) is 18.0 Å². The molecule has 0 unspecified atom stereocenters. The molecular weight excluding hydrogens is 379 g/mol. The number of esters is 1. The van der Waals surface area contributed by atoms with Gasteiger partial charge in [0.2, 0.25) is 0 Å². The fraction of sp³-hybridized carbons (Fsp3) is 0.278. The normalized spacial score (nSPS) is 11.0. The minimum absolute atomic E-state index is 0.145. The van der Waals surface area contributed by atoms with Gasteiger partial charge in [0.25, 0.3) is 5.91 Å². The van der Waals surface area contributed by atoms with Gasteiger partial charge in [-0.1, -0.05) is 23.2 Å². The Morgan fingerprint density at radius 3 is 2.23 bits per heavy atom. The average molecular weight is 397 g/mol. The van der Waals surface area contributed by atoms with Crippen molar-refractivity contribution in [3.8, 4) is 11.5 Å². The quantitative estimate of drug-likeness (QED) is 0.603. The number of pyridine rings is 1. The Bertz CT molecular complexity index is 827. The molecule has 2 rings (SSSR count). The monoisotopic (exact) mass is 396 g/mol. The second kappa shape index (κ2) is 7.93. The van der Waals surface area contributed by atoms with Gasteiger partial charge >= 0.3 is 5.97 Å². The second-order valence-electron chi connectivity index (χ2n) is 6.44. The molecule has 0 bridgehead atoms. The van der Waals surface area contributed by atoms with Crippen LogP contribution in [0.5, 0.6) is 11.5 Å². The number of rotatable bonds is 4. The molecule has 6 nitrogen and oxygen atoms in total. The van der Waals surface area contributed by atoms with Crippen molar-refractivity contribution in [1.82, 2.24) is 4.98 Å². The first-order valence-corrected chi connectivity index (χ1v) is 8.39. The number of aromatic nitrogens is 1. The summed E-state index contributed by atoms with van der Waals surface area (Å²) in [6.07, 6.45) is 2.74. The molecule has 0 spiro atoms. The van der Waals surface area contributed by atoms with Crippen LogP contribution in [0.3, 0.4) is 0 Å². The summed E-state index contributed by atoms with van der Waals surface area (Å²) in [5, 5.41) is 3.03. The van der Waals surface area contributed by atoms with Crippen LogP contribution >= 0.6 is 23.2 Å². The molecule has 0 aliphatic heterocycles. The van der Waals surface area contributed by atoms with Crippen LogP contribution in [0.15, 0.2) is 30.6 Å². The zero-order valence-corrected chi connectivity index (χ0v) is 16.2. The van der Waals surface area contributed by atoms with E-state index >= 15 is 0 Å². The third-order valence-corrected chi connectivity index (χ3v) is 3.91. The smallest absolute Gasteiger partial charge is 0.316 e. The first kappa shape index (κ1) is 20.0. The summed E-state index contributed by atoms with van der Waals surface area (Å²) in [6.45, 7) is 5.18. The van der Waals surface area contributed by atoms with Crippen molar-refractivity contribution in [3.63, 3.8) is 0 Å². The van der Waals surface area contributed by atoms with Crippen LogP contribution in [-0.4, -0.2) is 24.0 Å². The topological polar surface area (TPSA) is 77.5 Å². The lowest BCUT2D eigenvalue weighted by Gasteiger charge is -2.18. The highest BCUT2D eigenvalue weighted by atomic mass is 35.5. The van der Waals surface area contributed by atoms with Crippen LogP contribution < -0.4 is 14.8 Å². The summed E-state index contributed by atoms with van der Waals surface area (Å²) in [4.78, 5) is 28.5. The van der Waals surface area contributed by atoms with Gasteiger partial charge in [0.15, 0.2) is 11.5 Å². The molecule has 1 amide bonds. The van der Waals surface area contributed by atoms with Gasteiger partial charge in [-0.3, -0.25) is 14.6 Å². The van der Waals surface area contributed by atoms with Gasteiger partial charge < -0.3 is 14.8 Å². The molecule has 1 heterocycles. The lowest BCUT2D eigenvalue weighted by molar-refractivity contribution is -0.143.